The fourth-order valence-corrected chi connectivity index (χ4v) is 3.27. The smallest absolute Gasteiger partial charge is 0.251 e. The van der Waals surface area contributed by atoms with Crippen LogP contribution in [0.5, 0.6) is 5.75 Å². The van der Waals surface area contributed by atoms with Crippen LogP contribution in [0.15, 0.2) is 47.3 Å². The first-order valence-electron chi connectivity index (χ1n) is 8.44. The Morgan fingerprint density at radius 3 is 2.58 bits per heavy atom. The highest BCUT2D eigenvalue weighted by atomic mass is 16.5. The fourth-order valence-electron chi connectivity index (χ4n) is 3.27. The highest BCUT2D eigenvalue weighted by molar-refractivity contribution is 5.93. The minimum Gasteiger partial charge on any atom is -0.497 e. The maximum atomic E-state index is 12.5. The first-order chi connectivity index (χ1) is 12.4. The van der Waals surface area contributed by atoms with Gasteiger partial charge in [0.1, 0.15) is 12.3 Å². The molecule has 3 rings (SSSR count). The monoisotopic (exact) mass is 350 g/mol. The Labute approximate surface area is 152 Å². The third kappa shape index (κ3) is 3.47. The second-order valence-electron chi connectivity index (χ2n) is 6.51. The molecule has 0 saturated heterocycles. The average Bonchev–Trinajstić information content (AvgIpc) is 2.58. The van der Waals surface area contributed by atoms with Crippen molar-refractivity contribution in [3.05, 3.63) is 69.5 Å². The molecular formula is C21H22N2O3. The molecule has 5 nitrogen and oxygen atoms in total. The van der Waals surface area contributed by atoms with Crippen molar-refractivity contribution in [3.8, 4) is 5.75 Å². The van der Waals surface area contributed by atoms with Crippen LogP contribution in [-0.2, 0) is 11.3 Å². The van der Waals surface area contributed by atoms with Gasteiger partial charge in [-0.3, -0.25) is 14.2 Å². The molecule has 0 unspecified atom stereocenters. The highest BCUT2D eigenvalue weighted by Crippen LogP contribution is 2.22. The van der Waals surface area contributed by atoms with Crippen LogP contribution in [-0.4, -0.2) is 17.6 Å². The summed E-state index contributed by atoms with van der Waals surface area (Å²) in [6.07, 6.45) is 0. The molecule has 134 valence electrons. The van der Waals surface area contributed by atoms with E-state index in [9.17, 15) is 9.59 Å². The van der Waals surface area contributed by atoms with Gasteiger partial charge in [0.15, 0.2) is 0 Å². The number of pyridine rings is 1. The zero-order chi connectivity index (χ0) is 18.8. The normalized spacial score (nSPS) is 10.8. The maximum Gasteiger partial charge on any atom is 0.251 e. The van der Waals surface area contributed by atoms with E-state index in [1.807, 2.05) is 32.9 Å². The van der Waals surface area contributed by atoms with Crippen molar-refractivity contribution in [2.24, 2.45) is 0 Å². The molecule has 0 spiro atoms. The highest BCUT2D eigenvalue weighted by Gasteiger charge is 2.13. The van der Waals surface area contributed by atoms with Crippen molar-refractivity contribution in [1.82, 2.24) is 4.57 Å². The molecule has 0 saturated carbocycles. The lowest BCUT2D eigenvalue weighted by molar-refractivity contribution is -0.116. The molecule has 3 aromatic rings. The lowest BCUT2D eigenvalue weighted by Gasteiger charge is -2.15. The number of aromatic nitrogens is 1. The van der Waals surface area contributed by atoms with E-state index < -0.39 is 0 Å². The van der Waals surface area contributed by atoms with Gasteiger partial charge >= 0.3 is 0 Å². The second-order valence-corrected chi connectivity index (χ2v) is 6.51. The second kappa shape index (κ2) is 7.04. The van der Waals surface area contributed by atoms with Crippen LogP contribution in [0, 0.1) is 20.8 Å². The van der Waals surface area contributed by atoms with Gasteiger partial charge in [0.05, 0.1) is 12.6 Å². The van der Waals surface area contributed by atoms with Crippen LogP contribution >= 0.6 is 0 Å². The van der Waals surface area contributed by atoms with Gasteiger partial charge in [0.2, 0.25) is 5.91 Å². The molecule has 1 N–H and O–H groups in total. The van der Waals surface area contributed by atoms with Gasteiger partial charge in [0.25, 0.3) is 5.56 Å². The lowest BCUT2D eigenvalue weighted by Crippen LogP contribution is -2.28. The number of nitrogens with one attached hydrogen (secondary N) is 1. The zero-order valence-corrected chi connectivity index (χ0v) is 15.4. The Morgan fingerprint density at radius 1 is 1.08 bits per heavy atom. The van der Waals surface area contributed by atoms with Crippen molar-refractivity contribution < 1.29 is 9.53 Å². The molecule has 0 aliphatic heterocycles. The molecule has 0 fully saturated rings. The Hall–Kier alpha value is -3.08. The van der Waals surface area contributed by atoms with Crippen LogP contribution in [0.4, 0.5) is 5.69 Å². The Balaban J connectivity index is 1.98. The number of benzene rings is 2. The summed E-state index contributed by atoms with van der Waals surface area (Å²) in [4.78, 5) is 25.1. The van der Waals surface area contributed by atoms with E-state index in [2.05, 4.69) is 5.32 Å². The zero-order valence-electron chi connectivity index (χ0n) is 15.4. The van der Waals surface area contributed by atoms with Gasteiger partial charge < -0.3 is 10.1 Å². The molecule has 0 aliphatic carbocycles. The number of aryl methyl sites for hydroxylation is 3. The molecule has 5 heteroatoms. The summed E-state index contributed by atoms with van der Waals surface area (Å²) in [6.45, 7) is 5.86. The molecular weight excluding hydrogens is 328 g/mol. The quantitative estimate of drug-likeness (QED) is 0.782. The number of hydrogen-bond donors (Lipinski definition) is 1. The molecule has 1 aromatic heterocycles. The summed E-state index contributed by atoms with van der Waals surface area (Å²) >= 11 is 0. The van der Waals surface area contributed by atoms with E-state index in [4.69, 9.17) is 4.74 Å². The van der Waals surface area contributed by atoms with Crippen molar-refractivity contribution in [2.45, 2.75) is 27.3 Å². The number of hydrogen-bond acceptors (Lipinski definition) is 3. The molecule has 0 bridgehead atoms. The molecule has 1 heterocycles. The van der Waals surface area contributed by atoms with Crippen LogP contribution < -0.4 is 15.6 Å². The number of nitrogens with zero attached hydrogens (tertiary/aromatic N) is 1. The number of anilines is 1. The minimum absolute atomic E-state index is 0.0449. The average molecular weight is 350 g/mol. The summed E-state index contributed by atoms with van der Waals surface area (Å²) in [5, 5.41) is 3.82. The number of rotatable bonds is 4. The summed E-state index contributed by atoms with van der Waals surface area (Å²) < 4.78 is 6.70. The van der Waals surface area contributed by atoms with E-state index in [0.717, 1.165) is 27.6 Å². The largest absolute Gasteiger partial charge is 0.497 e. The third-order valence-electron chi connectivity index (χ3n) is 4.40. The Bertz CT molecular complexity index is 1050. The summed E-state index contributed by atoms with van der Waals surface area (Å²) in [7, 11) is 1.57. The maximum absolute atomic E-state index is 12.5. The fraction of sp³-hybridized carbons (Fsp3) is 0.238. The number of amides is 1. The summed E-state index contributed by atoms with van der Waals surface area (Å²) in [6, 6.07) is 12.8. The van der Waals surface area contributed by atoms with Crippen molar-refractivity contribution in [3.63, 3.8) is 0 Å². The van der Waals surface area contributed by atoms with Crippen LogP contribution in [0.2, 0.25) is 0 Å². The summed E-state index contributed by atoms with van der Waals surface area (Å²) in [5.41, 5.74) is 4.29. The van der Waals surface area contributed by atoms with Gasteiger partial charge in [-0.05, 0) is 50.1 Å². The van der Waals surface area contributed by atoms with Gasteiger partial charge in [-0.15, -0.1) is 0 Å². The first kappa shape index (κ1) is 17.7. The van der Waals surface area contributed by atoms with E-state index in [1.54, 1.807) is 37.4 Å². The number of carbonyl (C=O) groups excluding carboxylic acids is 1. The minimum atomic E-state index is -0.259. The van der Waals surface area contributed by atoms with E-state index >= 15 is 0 Å². The number of ether oxygens (including phenoxy) is 1. The molecule has 2 aromatic carbocycles. The number of carbonyl (C=O) groups is 1. The van der Waals surface area contributed by atoms with E-state index in [-0.39, 0.29) is 18.0 Å². The topological polar surface area (TPSA) is 60.3 Å². The van der Waals surface area contributed by atoms with Crippen LogP contribution in [0.1, 0.15) is 16.7 Å². The van der Waals surface area contributed by atoms with Gasteiger partial charge in [-0.2, -0.15) is 0 Å². The molecule has 0 atom stereocenters. The molecule has 0 radical (unpaired) electrons. The predicted molar refractivity (Wildman–Crippen MR) is 104 cm³/mol. The van der Waals surface area contributed by atoms with Crippen molar-refractivity contribution in [1.29, 1.82) is 0 Å². The van der Waals surface area contributed by atoms with E-state index in [1.165, 1.54) is 4.57 Å². The van der Waals surface area contributed by atoms with E-state index in [0.29, 0.717) is 11.4 Å². The van der Waals surface area contributed by atoms with Gasteiger partial charge in [-0.1, -0.05) is 17.7 Å². The molecule has 26 heavy (non-hydrogen) atoms. The summed E-state index contributed by atoms with van der Waals surface area (Å²) in [5.74, 6) is 0.401. The number of methoxy groups -OCH3 is 1. The Morgan fingerprint density at radius 2 is 1.85 bits per heavy atom. The molecule has 1 amide bonds. The van der Waals surface area contributed by atoms with Crippen molar-refractivity contribution >= 4 is 22.5 Å². The van der Waals surface area contributed by atoms with Crippen molar-refractivity contribution in [2.75, 3.05) is 12.4 Å². The van der Waals surface area contributed by atoms with Gasteiger partial charge in [0, 0.05) is 23.2 Å². The SMILES string of the molecule is COc1cccc(NC(=O)Cn2c(=O)cc(C)c3cc(C)cc(C)c32)c1. The third-order valence-corrected chi connectivity index (χ3v) is 4.40. The lowest BCUT2D eigenvalue weighted by atomic mass is 10.0. The Kier molecular flexibility index (Phi) is 4.80. The number of fused-ring (bicyclic) bond motifs is 1. The first-order valence-corrected chi connectivity index (χ1v) is 8.44. The van der Waals surface area contributed by atoms with Crippen LogP contribution in [0.3, 0.4) is 0 Å². The predicted octanol–water partition coefficient (Wildman–Crippen LogP) is 3.57. The van der Waals surface area contributed by atoms with Gasteiger partial charge in [-0.25, -0.2) is 0 Å². The standard InChI is InChI=1S/C21H22N2O3/c1-13-8-15(3)21-18(9-13)14(2)10-20(25)23(21)12-19(24)22-16-6-5-7-17(11-16)26-4/h5-11H,12H2,1-4H3,(H,22,24). The molecule has 0 aliphatic rings. The van der Waals surface area contributed by atoms with Crippen LogP contribution in [0.25, 0.3) is 10.9 Å².